The van der Waals surface area contributed by atoms with E-state index in [4.69, 9.17) is 23.4 Å². The number of methoxy groups -OCH3 is 2. The molecule has 1 aliphatic rings. The van der Waals surface area contributed by atoms with Crippen molar-refractivity contribution in [1.29, 1.82) is 0 Å². The number of aromatic hydroxyl groups is 1. The number of aliphatic hydroxyl groups excluding tert-OH is 1. The molecule has 4 rings (SSSR count). The minimum atomic E-state index is -0.789. The van der Waals surface area contributed by atoms with Crippen LogP contribution in [0.25, 0.3) is 11.0 Å². The van der Waals surface area contributed by atoms with Crippen molar-refractivity contribution >= 4 is 11.0 Å². The van der Waals surface area contributed by atoms with Crippen LogP contribution in [-0.4, -0.2) is 37.1 Å². The van der Waals surface area contributed by atoms with Crippen molar-refractivity contribution in [2.24, 2.45) is 0 Å². The van der Waals surface area contributed by atoms with Gasteiger partial charge in [-0.15, -0.1) is 0 Å². The molecule has 2 aromatic carbocycles. The van der Waals surface area contributed by atoms with Gasteiger partial charge in [-0.3, -0.25) is 0 Å². The molecule has 28 heavy (non-hydrogen) atoms. The zero-order valence-electron chi connectivity index (χ0n) is 15.2. The van der Waals surface area contributed by atoms with E-state index >= 15 is 0 Å². The van der Waals surface area contributed by atoms with Crippen molar-refractivity contribution in [3.05, 3.63) is 52.4 Å². The monoisotopic (exact) mass is 386 g/mol. The molecule has 2 unspecified atom stereocenters. The molecule has 3 aromatic rings. The summed E-state index contributed by atoms with van der Waals surface area (Å²) in [5.74, 6) is 0.875. The minimum Gasteiger partial charge on any atom is -0.502 e. The standard InChI is InChI=1S/C20H18O8/c1-24-13-7-11(8-14(25-2)17(13)23)18-15(9-21)27-20-12(26-18)5-3-10-4-6-16(22)28-19(10)20/h3-8,15,18,21,23H,9H2,1-2H3. The quantitative estimate of drug-likeness (QED) is 0.658. The van der Waals surface area contributed by atoms with E-state index in [2.05, 4.69) is 0 Å². The van der Waals surface area contributed by atoms with Crippen LogP contribution >= 0.6 is 0 Å². The highest BCUT2D eigenvalue weighted by Crippen LogP contribution is 2.46. The van der Waals surface area contributed by atoms with Gasteiger partial charge in [-0.25, -0.2) is 4.79 Å². The Morgan fingerprint density at radius 1 is 1.04 bits per heavy atom. The van der Waals surface area contributed by atoms with Crippen molar-refractivity contribution in [2.45, 2.75) is 12.2 Å². The third-order valence-electron chi connectivity index (χ3n) is 4.58. The van der Waals surface area contributed by atoms with Gasteiger partial charge < -0.3 is 33.6 Å². The van der Waals surface area contributed by atoms with Crippen LogP contribution in [0.1, 0.15) is 11.7 Å². The summed E-state index contributed by atoms with van der Waals surface area (Å²) in [5, 5.41) is 20.7. The van der Waals surface area contributed by atoms with Crippen LogP contribution in [0, 0.1) is 0 Å². The first-order valence-electron chi connectivity index (χ1n) is 8.51. The van der Waals surface area contributed by atoms with E-state index < -0.39 is 17.8 Å². The van der Waals surface area contributed by atoms with E-state index in [-0.39, 0.29) is 35.2 Å². The first kappa shape index (κ1) is 18.0. The topological polar surface area (TPSA) is 108 Å². The second kappa shape index (κ2) is 6.97. The average molecular weight is 386 g/mol. The van der Waals surface area contributed by atoms with Gasteiger partial charge >= 0.3 is 5.63 Å². The number of rotatable bonds is 4. The molecule has 2 N–H and O–H groups in total. The number of ether oxygens (including phenoxy) is 4. The van der Waals surface area contributed by atoms with E-state index in [9.17, 15) is 15.0 Å². The van der Waals surface area contributed by atoms with Crippen molar-refractivity contribution in [3.8, 4) is 28.7 Å². The number of phenolic OH excluding ortho intramolecular Hbond substituents is 1. The van der Waals surface area contributed by atoms with E-state index in [0.717, 1.165) is 0 Å². The predicted octanol–water partition coefficient (Wildman–Crippen LogP) is 2.39. The Bertz CT molecular complexity index is 1060. The summed E-state index contributed by atoms with van der Waals surface area (Å²) in [6.07, 6.45) is -1.50. The third-order valence-corrected chi connectivity index (χ3v) is 4.58. The van der Waals surface area contributed by atoms with Gasteiger partial charge in [-0.2, -0.15) is 0 Å². The largest absolute Gasteiger partial charge is 0.502 e. The van der Waals surface area contributed by atoms with Gasteiger partial charge in [-0.1, -0.05) is 0 Å². The Kier molecular flexibility index (Phi) is 4.48. The number of hydrogen-bond acceptors (Lipinski definition) is 8. The number of aliphatic hydroxyl groups is 1. The summed E-state index contributed by atoms with van der Waals surface area (Å²) < 4.78 is 27.7. The van der Waals surface area contributed by atoms with Crippen LogP contribution < -0.4 is 24.6 Å². The Hall–Kier alpha value is -3.39. The lowest BCUT2D eigenvalue weighted by atomic mass is 10.0. The molecule has 0 saturated carbocycles. The zero-order valence-corrected chi connectivity index (χ0v) is 15.2. The molecule has 0 saturated heterocycles. The highest BCUT2D eigenvalue weighted by molar-refractivity contribution is 5.85. The summed E-state index contributed by atoms with van der Waals surface area (Å²) in [6, 6.07) is 9.56. The lowest BCUT2D eigenvalue weighted by molar-refractivity contribution is -0.0119. The first-order chi connectivity index (χ1) is 13.5. The van der Waals surface area contributed by atoms with Gasteiger partial charge in [0.15, 0.2) is 35.0 Å². The van der Waals surface area contributed by atoms with Crippen molar-refractivity contribution in [3.63, 3.8) is 0 Å². The maximum absolute atomic E-state index is 11.6. The van der Waals surface area contributed by atoms with Gasteiger partial charge in [0, 0.05) is 17.0 Å². The fourth-order valence-corrected chi connectivity index (χ4v) is 3.21. The third kappa shape index (κ3) is 2.87. The van der Waals surface area contributed by atoms with Crippen LogP contribution in [0.3, 0.4) is 0 Å². The summed E-state index contributed by atoms with van der Waals surface area (Å²) in [6.45, 7) is -0.358. The molecule has 2 heterocycles. The van der Waals surface area contributed by atoms with Gasteiger partial charge in [0.25, 0.3) is 0 Å². The van der Waals surface area contributed by atoms with Crippen LogP contribution in [0.2, 0.25) is 0 Å². The SMILES string of the molecule is COc1cc(C2Oc3ccc4ccc(=O)oc4c3OC2CO)cc(OC)c1O. The van der Waals surface area contributed by atoms with Crippen LogP contribution in [0.15, 0.2) is 45.6 Å². The molecule has 8 nitrogen and oxygen atoms in total. The van der Waals surface area contributed by atoms with Crippen molar-refractivity contribution < 1.29 is 33.6 Å². The van der Waals surface area contributed by atoms with Gasteiger partial charge in [-0.05, 0) is 30.3 Å². The molecule has 0 aliphatic carbocycles. The Morgan fingerprint density at radius 3 is 2.36 bits per heavy atom. The lowest BCUT2D eigenvalue weighted by Crippen LogP contribution is -2.36. The van der Waals surface area contributed by atoms with E-state index in [1.807, 2.05) is 0 Å². The molecule has 0 fully saturated rings. The van der Waals surface area contributed by atoms with Gasteiger partial charge in [0.2, 0.25) is 11.5 Å². The molecule has 0 amide bonds. The first-order valence-corrected chi connectivity index (χ1v) is 8.51. The van der Waals surface area contributed by atoms with Crippen LogP contribution in [0.5, 0.6) is 28.7 Å². The second-order valence-electron chi connectivity index (χ2n) is 6.22. The van der Waals surface area contributed by atoms with Gasteiger partial charge in [0.05, 0.1) is 20.8 Å². The van der Waals surface area contributed by atoms with E-state index in [1.165, 1.54) is 20.3 Å². The van der Waals surface area contributed by atoms with Gasteiger partial charge in [0.1, 0.15) is 0 Å². The fraction of sp³-hybridized carbons (Fsp3) is 0.250. The number of hydrogen-bond donors (Lipinski definition) is 2. The minimum absolute atomic E-state index is 0.140. The second-order valence-corrected chi connectivity index (χ2v) is 6.22. The molecular weight excluding hydrogens is 368 g/mol. The predicted molar refractivity (Wildman–Crippen MR) is 98.6 cm³/mol. The molecule has 8 heteroatoms. The maximum atomic E-state index is 11.6. The Morgan fingerprint density at radius 2 is 1.71 bits per heavy atom. The molecule has 146 valence electrons. The number of phenols is 1. The Balaban J connectivity index is 1.82. The maximum Gasteiger partial charge on any atom is 0.336 e. The van der Waals surface area contributed by atoms with E-state index in [0.29, 0.717) is 16.7 Å². The molecule has 2 atom stereocenters. The summed E-state index contributed by atoms with van der Waals surface area (Å²) in [5.41, 5.74) is 0.314. The van der Waals surface area contributed by atoms with Crippen molar-refractivity contribution in [1.82, 2.24) is 0 Å². The molecule has 1 aromatic heterocycles. The molecular formula is C20H18O8. The highest BCUT2D eigenvalue weighted by Gasteiger charge is 2.35. The van der Waals surface area contributed by atoms with Crippen LogP contribution in [0.4, 0.5) is 0 Å². The molecule has 0 radical (unpaired) electrons. The smallest absolute Gasteiger partial charge is 0.336 e. The number of fused-ring (bicyclic) bond motifs is 3. The molecule has 0 spiro atoms. The highest BCUT2D eigenvalue weighted by atomic mass is 16.6. The van der Waals surface area contributed by atoms with Crippen LogP contribution in [-0.2, 0) is 0 Å². The van der Waals surface area contributed by atoms with E-state index in [1.54, 1.807) is 30.3 Å². The summed E-state index contributed by atoms with van der Waals surface area (Å²) in [7, 11) is 2.84. The zero-order chi connectivity index (χ0) is 19.8. The fourth-order valence-electron chi connectivity index (χ4n) is 3.21. The molecule has 0 bridgehead atoms. The summed E-state index contributed by atoms with van der Waals surface area (Å²) >= 11 is 0. The number of benzene rings is 2. The summed E-state index contributed by atoms with van der Waals surface area (Å²) in [4.78, 5) is 11.6. The lowest BCUT2D eigenvalue weighted by Gasteiger charge is -2.33. The Labute approximate surface area is 159 Å². The average Bonchev–Trinajstić information content (AvgIpc) is 2.72. The van der Waals surface area contributed by atoms with Crippen molar-refractivity contribution in [2.75, 3.05) is 20.8 Å². The normalized spacial score (nSPS) is 18.1. The molecule has 1 aliphatic heterocycles.